The first-order chi connectivity index (χ1) is 8.88. The fraction of sp³-hybridized carbons (Fsp3) is 0.538. The highest BCUT2D eigenvalue weighted by molar-refractivity contribution is 7.89. The average molecular weight is 286 g/mol. The minimum absolute atomic E-state index is 0.327. The molecule has 0 saturated heterocycles. The lowest BCUT2D eigenvalue weighted by Gasteiger charge is -2.12. The van der Waals surface area contributed by atoms with Crippen LogP contribution in [0.1, 0.15) is 24.0 Å². The molecular formula is C13H22N2O3S. The van der Waals surface area contributed by atoms with Gasteiger partial charge in [-0.2, -0.15) is 0 Å². The van der Waals surface area contributed by atoms with Crippen molar-refractivity contribution in [3.63, 3.8) is 0 Å². The van der Waals surface area contributed by atoms with E-state index in [2.05, 4.69) is 4.72 Å². The van der Waals surface area contributed by atoms with Crippen molar-refractivity contribution in [1.82, 2.24) is 4.72 Å². The first-order valence-electron chi connectivity index (χ1n) is 6.24. The fourth-order valence-corrected chi connectivity index (χ4v) is 3.58. The molecule has 0 aliphatic carbocycles. The predicted molar refractivity (Wildman–Crippen MR) is 76.6 cm³/mol. The quantitative estimate of drug-likeness (QED) is 0.589. The SMILES string of the molecule is COCCCCNS(=O)(=O)c1c(C)cc(N)cc1C. The molecule has 6 heteroatoms. The van der Waals surface area contributed by atoms with Gasteiger partial charge in [-0.3, -0.25) is 0 Å². The summed E-state index contributed by atoms with van der Waals surface area (Å²) in [6.07, 6.45) is 1.58. The summed E-state index contributed by atoms with van der Waals surface area (Å²) in [4.78, 5) is 0.327. The van der Waals surface area contributed by atoms with Crippen molar-refractivity contribution in [2.45, 2.75) is 31.6 Å². The maximum absolute atomic E-state index is 12.2. The molecule has 1 rings (SSSR count). The summed E-state index contributed by atoms with van der Waals surface area (Å²) in [5, 5.41) is 0. The largest absolute Gasteiger partial charge is 0.399 e. The van der Waals surface area contributed by atoms with Gasteiger partial charge in [-0.25, -0.2) is 13.1 Å². The zero-order valence-corrected chi connectivity index (χ0v) is 12.5. The van der Waals surface area contributed by atoms with Crippen LogP contribution in [0.2, 0.25) is 0 Å². The maximum atomic E-state index is 12.2. The number of sulfonamides is 1. The summed E-state index contributed by atoms with van der Waals surface area (Å²) in [6.45, 7) is 4.56. The number of aryl methyl sites for hydroxylation is 2. The standard InChI is InChI=1S/C13H22N2O3S/c1-10-8-12(14)9-11(2)13(10)19(16,17)15-6-4-5-7-18-3/h8-9,15H,4-7,14H2,1-3H3. The topological polar surface area (TPSA) is 81.4 Å². The Labute approximate surface area is 115 Å². The molecule has 0 radical (unpaired) electrons. The van der Waals surface area contributed by atoms with E-state index < -0.39 is 10.0 Å². The van der Waals surface area contributed by atoms with Crippen LogP contribution >= 0.6 is 0 Å². The summed E-state index contributed by atoms with van der Waals surface area (Å²) in [7, 11) is -1.84. The molecule has 0 amide bonds. The van der Waals surface area contributed by atoms with Crippen LogP contribution in [0.25, 0.3) is 0 Å². The highest BCUT2D eigenvalue weighted by Gasteiger charge is 2.19. The van der Waals surface area contributed by atoms with Crippen LogP contribution in [0.15, 0.2) is 17.0 Å². The number of rotatable bonds is 7. The second-order valence-electron chi connectivity index (χ2n) is 4.58. The predicted octanol–water partition coefficient (Wildman–Crippen LogP) is 1.59. The van der Waals surface area contributed by atoms with Crippen LogP contribution in [0.5, 0.6) is 0 Å². The molecule has 108 valence electrons. The highest BCUT2D eigenvalue weighted by Crippen LogP contribution is 2.22. The summed E-state index contributed by atoms with van der Waals surface area (Å²) in [5.41, 5.74) is 7.61. The first-order valence-corrected chi connectivity index (χ1v) is 7.72. The van der Waals surface area contributed by atoms with Crippen molar-refractivity contribution in [2.24, 2.45) is 0 Å². The second-order valence-corrected chi connectivity index (χ2v) is 6.29. The van der Waals surface area contributed by atoms with E-state index in [9.17, 15) is 8.42 Å². The minimum Gasteiger partial charge on any atom is -0.399 e. The van der Waals surface area contributed by atoms with Gasteiger partial charge in [0.1, 0.15) is 0 Å². The Balaban J connectivity index is 2.78. The van der Waals surface area contributed by atoms with Crippen LogP contribution in [0, 0.1) is 13.8 Å². The smallest absolute Gasteiger partial charge is 0.241 e. The zero-order valence-electron chi connectivity index (χ0n) is 11.7. The Morgan fingerprint density at radius 3 is 2.32 bits per heavy atom. The third-order valence-corrected chi connectivity index (χ3v) is 4.58. The fourth-order valence-electron chi connectivity index (χ4n) is 2.06. The minimum atomic E-state index is -3.47. The molecule has 0 unspecified atom stereocenters. The lowest BCUT2D eigenvalue weighted by molar-refractivity contribution is 0.193. The van der Waals surface area contributed by atoms with Gasteiger partial charge in [0, 0.05) is 25.9 Å². The Kier molecular flexibility index (Phi) is 5.78. The number of nitrogens with two attached hydrogens (primary N) is 1. The molecule has 0 saturated carbocycles. The Hall–Kier alpha value is -1.11. The Morgan fingerprint density at radius 1 is 1.21 bits per heavy atom. The Morgan fingerprint density at radius 2 is 1.79 bits per heavy atom. The monoisotopic (exact) mass is 286 g/mol. The number of methoxy groups -OCH3 is 1. The van der Waals surface area contributed by atoms with E-state index in [1.165, 1.54) is 0 Å². The van der Waals surface area contributed by atoms with Crippen LogP contribution in [-0.2, 0) is 14.8 Å². The van der Waals surface area contributed by atoms with Crippen molar-refractivity contribution in [3.8, 4) is 0 Å². The zero-order chi connectivity index (χ0) is 14.5. The van der Waals surface area contributed by atoms with Crippen molar-refractivity contribution in [2.75, 3.05) is 26.0 Å². The van der Waals surface area contributed by atoms with Crippen LogP contribution in [0.4, 0.5) is 5.69 Å². The molecule has 0 aliphatic rings. The van der Waals surface area contributed by atoms with Crippen LogP contribution in [0.3, 0.4) is 0 Å². The summed E-state index contributed by atoms with van der Waals surface area (Å²) < 4.78 is 32.0. The number of nitrogen functional groups attached to an aromatic ring is 1. The van der Waals surface area contributed by atoms with E-state index >= 15 is 0 Å². The summed E-state index contributed by atoms with van der Waals surface area (Å²) >= 11 is 0. The van der Waals surface area contributed by atoms with E-state index in [1.807, 2.05) is 0 Å². The number of anilines is 1. The number of ether oxygens (including phenoxy) is 1. The van der Waals surface area contributed by atoms with Gasteiger partial charge in [0.25, 0.3) is 0 Å². The van der Waals surface area contributed by atoms with E-state index in [1.54, 1.807) is 33.1 Å². The van der Waals surface area contributed by atoms with Gasteiger partial charge < -0.3 is 10.5 Å². The molecule has 0 aliphatic heterocycles. The highest BCUT2D eigenvalue weighted by atomic mass is 32.2. The normalized spacial score (nSPS) is 11.7. The van der Waals surface area contributed by atoms with Crippen molar-refractivity contribution < 1.29 is 13.2 Å². The Bertz CT molecular complexity index is 504. The molecule has 0 spiro atoms. The second kappa shape index (κ2) is 6.88. The van der Waals surface area contributed by atoms with Crippen molar-refractivity contribution in [1.29, 1.82) is 0 Å². The first kappa shape index (κ1) is 15.9. The van der Waals surface area contributed by atoms with Gasteiger partial charge in [-0.15, -0.1) is 0 Å². The van der Waals surface area contributed by atoms with Crippen LogP contribution in [-0.4, -0.2) is 28.7 Å². The molecule has 3 N–H and O–H groups in total. The number of benzene rings is 1. The van der Waals surface area contributed by atoms with E-state index in [0.29, 0.717) is 34.9 Å². The van der Waals surface area contributed by atoms with Gasteiger partial charge >= 0.3 is 0 Å². The molecule has 0 aromatic heterocycles. The average Bonchev–Trinajstić information content (AvgIpc) is 2.26. The van der Waals surface area contributed by atoms with Crippen molar-refractivity contribution in [3.05, 3.63) is 23.3 Å². The molecular weight excluding hydrogens is 264 g/mol. The van der Waals surface area contributed by atoms with E-state index in [0.717, 1.165) is 12.8 Å². The summed E-state index contributed by atoms with van der Waals surface area (Å²) in [5.74, 6) is 0. The third-order valence-electron chi connectivity index (χ3n) is 2.82. The lowest BCUT2D eigenvalue weighted by atomic mass is 10.1. The van der Waals surface area contributed by atoms with Gasteiger partial charge in [0.2, 0.25) is 10.0 Å². The number of unbranched alkanes of at least 4 members (excludes halogenated alkanes) is 1. The van der Waals surface area contributed by atoms with Crippen molar-refractivity contribution >= 4 is 15.7 Å². The molecule has 0 bridgehead atoms. The lowest BCUT2D eigenvalue weighted by Crippen LogP contribution is -2.26. The molecule has 5 nitrogen and oxygen atoms in total. The van der Waals surface area contributed by atoms with E-state index in [-0.39, 0.29) is 0 Å². The van der Waals surface area contributed by atoms with Gasteiger partial charge in [-0.1, -0.05) is 0 Å². The molecule has 19 heavy (non-hydrogen) atoms. The number of nitrogens with one attached hydrogen (secondary N) is 1. The van der Waals surface area contributed by atoms with E-state index in [4.69, 9.17) is 10.5 Å². The molecule has 1 aromatic carbocycles. The van der Waals surface area contributed by atoms with Gasteiger partial charge in [-0.05, 0) is 49.9 Å². The summed E-state index contributed by atoms with van der Waals surface area (Å²) in [6, 6.07) is 3.35. The van der Waals surface area contributed by atoms with Gasteiger partial charge in [0.15, 0.2) is 0 Å². The molecule has 0 atom stereocenters. The maximum Gasteiger partial charge on any atom is 0.241 e. The third kappa shape index (κ3) is 4.49. The number of hydrogen-bond donors (Lipinski definition) is 2. The van der Waals surface area contributed by atoms with Gasteiger partial charge in [0.05, 0.1) is 4.90 Å². The molecule has 0 fully saturated rings. The van der Waals surface area contributed by atoms with Crippen LogP contribution < -0.4 is 10.5 Å². The molecule has 1 aromatic rings. The number of hydrogen-bond acceptors (Lipinski definition) is 4. The molecule has 0 heterocycles.